The van der Waals surface area contributed by atoms with Gasteiger partial charge >= 0.3 is 0 Å². The number of aryl methyl sites for hydroxylation is 2. The highest BCUT2D eigenvalue weighted by Crippen LogP contribution is 2.28. The van der Waals surface area contributed by atoms with E-state index in [1.54, 1.807) is 0 Å². The average Bonchev–Trinajstić information content (AvgIpc) is 2.28. The van der Waals surface area contributed by atoms with Crippen LogP contribution in [0.4, 0.5) is 0 Å². The molecule has 0 radical (unpaired) electrons. The van der Waals surface area contributed by atoms with Crippen molar-refractivity contribution in [3.8, 4) is 5.75 Å². The summed E-state index contributed by atoms with van der Waals surface area (Å²) in [4.78, 5) is 0. The maximum atomic E-state index is 6.14. The molecule has 94 valence electrons. The van der Waals surface area contributed by atoms with Crippen LogP contribution in [0.5, 0.6) is 5.75 Å². The molecular formula is C15H23NO. The van der Waals surface area contributed by atoms with Gasteiger partial charge in [-0.2, -0.15) is 0 Å². The van der Waals surface area contributed by atoms with Gasteiger partial charge in [0, 0.05) is 6.04 Å². The minimum atomic E-state index is 0.356. The van der Waals surface area contributed by atoms with Crippen molar-refractivity contribution in [2.75, 3.05) is 0 Å². The summed E-state index contributed by atoms with van der Waals surface area (Å²) < 4.78 is 6.14. The van der Waals surface area contributed by atoms with Crippen LogP contribution in [0.15, 0.2) is 12.1 Å². The number of ether oxygens (including phenoxy) is 1. The van der Waals surface area contributed by atoms with Crippen molar-refractivity contribution < 1.29 is 4.74 Å². The maximum absolute atomic E-state index is 6.14. The number of hydrogen-bond acceptors (Lipinski definition) is 2. The zero-order valence-electron chi connectivity index (χ0n) is 11.1. The second-order valence-electron chi connectivity index (χ2n) is 5.36. The van der Waals surface area contributed by atoms with E-state index in [0.29, 0.717) is 12.1 Å². The largest absolute Gasteiger partial charge is 0.490 e. The fourth-order valence-electron chi connectivity index (χ4n) is 2.51. The third-order valence-corrected chi connectivity index (χ3v) is 3.78. The molecule has 17 heavy (non-hydrogen) atoms. The van der Waals surface area contributed by atoms with Gasteiger partial charge in [0.2, 0.25) is 0 Å². The maximum Gasteiger partial charge on any atom is 0.123 e. The highest BCUT2D eigenvalue weighted by atomic mass is 16.5. The van der Waals surface area contributed by atoms with E-state index in [-0.39, 0.29) is 0 Å². The summed E-state index contributed by atoms with van der Waals surface area (Å²) in [5.41, 5.74) is 9.77. The summed E-state index contributed by atoms with van der Waals surface area (Å²) in [6.45, 7) is 6.40. The molecule has 1 aliphatic rings. The summed E-state index contributed by atoms with van der Waals surface area (Å²) in [5.74, 6) is 1.06. The number of nitrogens with two attached hydrogens (primary N) is 1. The predicted octanol–water partition coefficient (Wildman–Crippen LogP) is 3.26. The van der Waals surface area contributed by atoms with E-state index in [0.717, 1.165) is 31.4 Å². The summed E-state index contributed by atoms with van der Waals surface area (Å²) in [6.07, 6.45) is 4.72. The first-order valence-corrected chi connectivity index (χ1v) is 6.56. The third kappa shape index (κ3) is 3.01. The van der Waals surface area contributed by atoms with Gasteiger partial charge in [-0.15, -0.1) is 0 Å². The molecule has 2 N–H and O–H groups in total. The highest BCUT2D eigenvalue weighted by Gasteiger charge is 2.20. The van der Waals surface area contributed by atoms with Gasteiger partial charge in [-0.05, 0) is 69.2 Å². The van der Waals surface area contributed by atoms with E-state index in [2.05, 4.69) is 32.9 Å². The van der Waals surface area contributed by atoms with Crippen LogP contribution in [0, 0.1) is 20.8 Å². The van der Waals surface area contributed by atoms with Gasteiger partial charge in [0.25, 0.3) is 0 Å². The first kappa shape index (κ1) is 12.4. The van der Waals surface area contributed by atoms with Crippen molar-refractivity contribution in [1.82, 2.24) is 0 Å². The smallest absolute Gasteiger partial charge is 0.123 e. The van der Waals surface area contributed by atoms with Crippen molar-refractivity contribution in [1.29, 1.82) is 0 Å². The van der Waals surface area contributed by atoms with Gasteiger partial charge in [-0.1, -0.05) is 6.07 Å². The summed E-state index contributed by atoms with van der Waals surface area (Å²) >= 11 is 0. The zero-order valence-corrected chi connectivity index (χ0v) is 11.1. The Hall–Kier alpha value is -1.02. The van der Waals surface area contributed by atoms with E-state index in [9.17, 15) is 0 Å². The topological polar surface area (TPSA) is 35.2 Å². The fraction of sp³-hybridized carbons (Fsp3) is 0.600. The first-order chi connectivity index (χ1) is 8.06. The summed E-state index contributed by atoms with van der Waals surface area (Å²) in [7, 11) is 0. The average molecular weight is 233 g/mol. The minimum Gasteiger partial charge on any atom is -0.490 e. The van der Waals surface area contributed by atoms with E-state index < -0.39 is 0 Å². The Labute approximate surface area is 104 Å². The molecule has 0 aromatic heterocycles. The molecule has 1 saturated carbocycles. The molecule has 2 nitrogen and oxygen atoms in total. The Kier molecular flexibility index (Phi) is 3.72. The molecule has 0 spiro atoms. The quantitative estimate of drug-likeness (QED) is 0.851. The van der Waals surface area contributed by atoms with Gasteiger partial charge < -0.3 is 10.5 Å². The first-order valence-electron chi connectivity index (χ1n) is 6.56. The van der Waals surface area contributed by atoms with E-state index >= 15 is 0 Å². The lowest BCUT2D eigenvalue weighted by Gasteiger charge is -2.27. The van der Waals surface area contributed by atoms with E-state index in [1.165, 1.54) is 16.7 Å². The normalized spacial score (nSPS) is 24.7. The molecule has 0 unspecified atom stereocenters. The lowest BCUT2D eigenvalue weighted by molar-refractivity contribution is 0.146. The molecule has 0 aliphatic heterocycles. The van der Waals surface area contributed by atoms with Gasteiger partial charge in [-0.3, -0.25) is 0 Å². The van der Waals surface area contributed by atoms with Crippen LogP contribution in [-0.4, -0.2) is 12.1 Å². The van der Waals surface area contributed by atoms with Crippen LogP contribution in [0.2, 0.25) is 0 Å². The van der Waals surface area contributed by atoms with Crippen molar-refractivity contribution in [3.63, 3.8) is 0 Å². The molecule has 0 amide bonds. The number of benzene rings is 1. The van der Waals surface area contributed by atoms with Crippen molar-refractivity contribution in [3.05, 3.63) is 28.8 Å². The summed E-state index contributed by atoms with van der Waals surface area (Å²) in [5, 5.41) is 0. The van der Waals surface area contributed by atoms with E-state index in [4.69, 9.17) is 10.5 Å². The molecule has 2 rings (SSSR count). The molecule has 1 aromatic carbocycles. The van der Waals surface area contributed by atoms with Gasteiger partial charge in [0.15, 0.2) is 0 Å². The monoisotopic (exact) mass is 233 g/mol. The minimum absolute atomic E-state index is 0.356. The van der Waals surface area contributed by atoms with Crippen LogP contribution >= 0.6 is 0 Å². The van der Waals surface area contributed by atoms with Crippen molar-refractivity contribution in [2.45, 2.75) is 58.6 Å². The standard InChI is InChI=1S/C15H23NO/c1-10-8-11(2)12(3)15(9-10)17-14-6-4-13(16)5-7-14/h8-9,13-14H,4-7,16H2,1-3H3. The lowest BCUT2D eigenvalue weighted by atomic mass is 9.93. The van der Waals surface area contributed by atoms with Gasteiger partial charge in [-0.25, -0.2) is 0 Å². The molecule has 1 aromatic rings. The summed E-state index contributed by atoms with van der Waals surface area (Å²) in [6, 6.07) is 4.74. The molecule has 1 fully saturated rings. The van der Waals surface area contributed by atoms with Crippen molar-refractivity contribution in [2.24, 2.45) is 5.73 Å². The second kappa shape index (κ2) is 5.09. The van der Waals surface area contributed by atoms with Crippen molar-refractivity contribution >= 4 is 0 Å². The Morgan fingerprint density at radius 3 is 2.35 bits per heavy atom. The molecule has 0 heterocycles. The molecule has 0 bridgehead atoms. The Morgan fingerprint density at radius 2 is 1.71 bits per heavy atom. The van der Waals surface area contributed by atoms with Crippen LogP contribution < -0.4 is 10.5 Å². The fourth-order valence-corrected chi connectivity index (χ4v) is 2.51. The second-order valence-corrected chi connectivity index (χ2v) is 5.36. The van der Waals surface area contributed by atoms with Crippen LogP contribution in [0.3, 0.4) is 0 Å². The van der Waals surface area contributed by atoms with Gasteiger partial charge in [0.1, 0.15) is 5.75 Å². The molecule has 0 saturated heterocycles. The van der Waals surface area contributed by atoms with Crippen LogP contribution in [0.25, 0.3) is 0 Å². The van der Waals surface area contributed by atoms with Crippen LogP contribution in [0.1, 0.15) is 42.4 Å². The molecule has 1 aliphatic carbocycles. The van der Waals surface area contributed by atoms with E-state index in [1.807, 2.05) is 0 Å². The molecule has 0 atom stereocenters. The highest BCUT2D eigenvalue weighted by molar-refractivity contribution is 5.42. The SMILES string of the molecule is Cc1cc(C)c(C)c(OC2CCC(N)CC2)c1. The lowest BCUT2D eigenvalue weighted by Crippen LogP contribution is -2.31. The van der Waals surface area contributed by atoms with Gasteiger partial charge in [0.05, 0.1) is 6.10 Å². The Morgan fingerprint density at radius 1 is 1.06 bits per heavy atom. The zero-order chi connectivity index (χ0) is 12.4. The Bertz CT molecular complexity index is 392. The van der Waals surface area contributed by atoms with Crippen LogP contribution in [-0.2, 0) is 0 Å². The molecular weight excluding hydrogens is 210 g/mol. The number of rotatable bonds is 2. The molecule has 2 heteroatoms. The Balaban J connectivity index is 2.08. The third-order valence-electron chi connectivity index (χ3n) is 3.78. The number of hydrogen-bond donors (Lipinski definition) is 1. The predicted molar refractivity (Wildman–Crippen MR) is 71.5 cm³/mol.